The number of nitrogens with one attached hydrogen (secondary N) is 1. The minimum Gasteiger partial charge on any atom is -0.365 e. The lowest BCUT2D eigenvalue weighted by Crippen LogP contribution is -2.23. The van der Waals surface area contributed by atoms with Crippen LogP contribution in [0.1, 0.15) is 27.2 Å². The maximum atomic E-state index is 12.5. The second-order valence-electron chi connectivity index (χ2n) is 6.05. The Morgan fingerprint density at radius 1 is 1.15 bits per heavy atom. The molecule has 2 aromatic heterocycles. The predicted molar refractivity (Wildman–Crippen MR) is 100 cm³/mol. The number of nitrogens with zero attached hydrogens (tertiary/aromatic N) is 1. The van der Waals surface area contributed by atoms with E-state index in [2.05, 4.69) is 5.32 Å². The zero-order valence-corrected chi connectivity index (χ0v) is 14.8. The van der Waals surface area contributed by atoms with E-state index in [9.17, 15) is 9.59 Å². The number of anilines is 1. The van der Waals surface area contributed by atoms with Crippen LogP contribution in [0.5, 0.6) is 0 Å². The summed E-state index contributed by atoms with van der Waals surface area (Å²) in [6, 6.07) is 13.7. The number of ketones is 1. The number of benzene rings is 1. The first kappa shape index (κ1) is 17.7. The van der Waals surface area contributed by atoms with Gasteiger partial charge in [0.05, 0.1) is 16.8 Å². The second kappa shape index (κ2) is 7.41. The molecule has 6 nitrogen and oxygen atoms in total. The molecule has 0 atom stereocenters. The molecule has 1 aromatic carbocycles. The fraction of sp³-hybridized carbons (Fsp3) is 0.200. The third-order valence-electron chi connectivity index (χ3n) is 4.40. The molecule has 0 saturated heterocycles. The number of hydrogen-bond acceptors (Lipinski definition) is 4. The van der Waals surface area contributed by atoms with Crippen LogP contribution < -0.4 is 11.1 Å². The van der Waals surface area contributed by atoms with E-state index in [1.807, 2.05) is 60.0 Å². The van der Waals surface area contributed by atoms with Crippen LogP contribution in [0, 0.1) is 6.92 Å². The normalized spacial score (nSPS) is 10.8. The summed E-state index contributed by atoms with van der Waals surface area (Å²) in [6.07, 6.45) is 2.52. The summed E-state index contributed by atoms with van der Waals surface area (Å²) in [6.45, 7) is 2.13. The molecule has 0 aliphatic rings. The quantitative estimate of drug-likeness (QED) is 0.389. The van der Waals surface area contributed by atoms with Gasteiger partial charge in [0.25, 0.3) is 11.7 Å². The lowest BCUT2D eigenvalue weighted by molar-refractivity contribution is -0.114. The van der Waals surface area contributed by atoms with Gasteiger partial charge < -0.3 is 20.2 Å². The van der Waals surface area contributed by atoms with E-state index < -0.39 is 11.7 Å². The summed E-state index contributed by atoms with van der Waals surface area (Å²) in [7, 11) is 1.58. The van der Waals surface area contributed by atoms with Gasteiger partial charge in [0.2, 0.25) is 0 Å². The molecule has 0 saturated carbocycles. The van der Waals surface area contributed by atoms with E-state index in [0.717, 1.165) is 16.8 Å². The first-order valence-electron chi connectivity index (χ1n) is 8.28. The van der Waals surface area contributed by atoms with Crippen LogP contribution in [0.2, 0.25) is 0 Å². The number of pyridine rings is 1. The molecular weight excluding hydrogens is 330 g/mol. The molecule has 0 unspecified atom stereocenters. The maximum absolute atomic E-state index is 12.5. The van der Waals surface area contributed by atoms with Crippen LogP contribution >= 0.6 is 0 Å². The fourth-order valence-corrected chi connectivity index (χ4v) is 3.19. The average Bonchev–Trinajstić information content (AvgIpc) is 2.92. The second-order valence-corrected chi connectivity index (χ2v) is 6.05. The fourth-order valence-electron chi connectivity index (χ4n) is 3.19. The lowest BCUT2D eigenvalue weighted by Gasteiger charge is -2.10. The van der Waals surface area contributed by atoms with Gasteiger partial charge in [-0.15, -0.1) is 0 Å². The number of nitrogens with two attached hydrogens (primary N) is 1. The molecule has 1 amide bonds. The Balaban J connectivity index is 2.23. The Morgan fingerprint density at radius 3 is 2.54 bits per heavy atom. The minimum atomic E-state index is -0.964. The van der Waals surface area contributed by atoms with Gasteiger partial charge in [-0.3, -0.25) is 9.59 Å². The summed E-state index contributed by atoms with van der Waals surface area (Å²) in [5.41, 5.74) is 9.79. The van der Waals surface area contributed by atoms with E-state index in [1.54, 1.807) is 7.11 Å². The highest BCUT2D eigenvalue weighted by molar-refractivity contribution is 6.44. The van der Waals surface area contributed by atoms with Crippen molar-refractivity contribution in [2.24, 2.45) is 5.73 Å². The highest BCUT2D eigenvalue weighted by atomic mass is 16.5. The van der Waals surface area contributed by atoms with Crippen molar-refractivity contribution in [3.63, 3.8) is 0 Å². The molecule has 0 radical (unpaired) electrons. The van der Waals surface area contributed by atoms with Gasteiger partial charge >= 0.3 is 0 Å². The first-order valence-corrected chi connectivity index (χ1v) is 8.28. The number of methoxy groups -OCH3 is 1. The average molecular weight is 351 g/mol. The van der Waals surface area contributed by atoms with Gasteiger partial charge in [0.1, 0.15) is 6.73 Å². The first-order chi connectivity index (χ1) is 12.5. The van der Waals surface area contributed by atoms with Crippen LogP contribution in [0.25, 0.3) is 5.52 Å². The summed E-state index contributed by atoms with van der Waals surface area (Å²) in [4.78, 5) is 24.1. The molecule has 2 heterocycles. The van der Waals surface area contributed by atoms with Crippen molar-refractivity contribution >= 4 is 22.9 Å². The number of carbonyl (C=O) groups excluding carboxylic acids is 2. The monoisotopic (exact) mass is 351 g/mol. The molecular formula is C20H21N3O3. The van der Waals surface area contributed by atoms with E-state index in [4.69, 9.17) is 10.5 Å². The van der Waals surface area contributed by atoms with Gasteiger partial charge in [-0.2, -0.15) is 0 Å². The van der Waals surface area contributed by atoms with Crippen molar-refractivity contribution in [3.8, 4) is 0 Å². The molecule has 0 aliphatic carbocycles. The molecule has 0 fully saturated rings. The molecule has 0 bridgehead atoms. The number of fused-ring (bicyclic) bond motifs is 1. The van der Waals surface area contributed by atoms with Crippen molar-refractivity contribution in [2.45, 2.75) is 13.3 Å². The van der Waals surface area contributed by atoms with Gasteiger partial charge in [0.15, 0.2) is 0 Å². The van der Waals surface area contributed by atoms with Crippen molar-refractivity contribution < 1.29 is 14.3 Å². The largest absolute Gasteiger partial charge is 0.365 e. The molecule has 0 spiro atoms. The van der Waals surface area contributed by atoms with E-state index >= 15 is 0 Å². The number of primary amides is 1. The summed E-state index contributed by atoms with van der Waals surface area (Å²) in [5, 5.41) is 3.13. The van der Waals surface area contributed by atoms with Gasteiger partial charge in [-0.05, 0) is 30.2 Å². The molecule has 134 valence electrons. The number of amides is 1. The third kappa shape index (κ3) is 3.19. The number of Topliss-reactive ketones (excluding diaryl/α,β-unsaturated/α-hetero) is 1. The van der Waals surface area contributed by atoms with Crippen molar-refractivity contribution in [1.82, 2.24) is 4.40 Å². The predicted octanol–water partition coefficient (Wildman–Crippen LogP) is 2.52. The summed E-state index contributed by atoms with van der Waals surface area (Å²) >= 11 is 0. The van der Waals surface area contributed by atoms with E-state index in [0.29, 0.717) is 23.2 Å². The Bertz CT molecular complexity index is 961. The smallest absolute Gasteiger partial charge is 0.289 e. The van der Waals surface area contributed by atoms with Crippen LogP contribution in [0.4, 0.5) is 5.69 Å². The molecule has 3 N–H and O–H groups in total. The van der Waals surface area contributed by atoms with Crippen LogP contribution in [0.3, 0.4) is 0 Å². The minimum absolute atomic E-state index is 0.280. The highest BCUT2D eigenvalue weighted by Gasteiger charge is 2.25. The van der Waals surface area contributed by atoms with Crippen molar-refractivity contribution in [1.29, 1.82) is 0 Å². The summed E-state index contributed by atoms with van der Waals surface area (Å²) in [5.74, 6) is -1.65. The Kier molecular flexibility index (Phi) is 5.04. The van der Waals surface area contributed by atoms with Gasteiger partial charge in [0, 0.05) is 25.4 Å². The highest BCUT2D eigenvalue weighted by Crippen LogP contribution is 2.31. The summed E-state index contributed by atoms with van der Waals surface area (Å²) < 4.78 is 7.02. The Hall–Kier alpha value is -3.12. The topological polar surface area (TPSA) is 85.8 Å². The molecule has 3 aromatic rings. The molecule has 0 aliphatic heterocycles. The SMILES string of the molecule is COCNc1cccn2c(Cc3ccccc3)c(C)c(C(=O)C(N)=O)c12. The number of aromatic nitrogens is 1. The maximum Gasteiger partial charge on any atom is 0.289 e. The van der Waals surface area contributed by atoms with E-state index in [1.165, 1.54) is 0 Å². The van der Waals surface area contributed by atoms with Gasteiger partial charge in [-0.25, -0.2) is 0 Å². The lowest BCUT2D eigenvalue weighted by atomic mass is 10.0. The Labute approximate surface area is 151 Å². The number of carbonyl (C=O) groups is 2. The number of rotatable bonds is 7. The molecule has 26 heavy (non-hydrogen) atoms. The van der Waals surface area contributed by atoms with Crippen LogP contribution in [-0.2, 0) is 16.0 Å². The number of hydrogen-bond donors (Lipinski definition) is 2. The third-order valence-corrected chi connectivity index (χ3v) is 4.40. The molecule has 6 heteroatoms. The van der Waals surface area contributed by atoms with Crippen LogP contribution in [-0.4, -0.2) is 29.9 Å². The van der Waals surface area contributed by atoms with Crippen LogP contribution in [0.15, 0.2) is 48.7 Å². The molecule has 3 rings (SSSR count). The van der Waals surface area contributed by atoms with E-state index in [-0.39, 0.29) is 6.73 Å². The Morgan fingerprint density at radius 2 is 1.88 bits per heavy atom. The van der Waals surface area contributed by atoms with Gasteiger partial charge in [-0.1, -0.05) is 30.3 Å². The van der Waals surface area contributed by atoms with Crippen molar-refractivity contribution in [3.05, 3.63) is 71.0 Å². The zero-order valence-electron chi connectivity index (χ0n) is 14.8. The zero-order chi connectivity index (χ0) is 18.7. The van der Waals surface area contributed by atoms with Crippen molar-refractivity contribution in [2.75, 3.05) is 19.2 Å². The number of ether oxygens (including phenoxy) is 1. The standard InChI is InChI=1S/C20H21N3O3/c1-13-16(11-14-7-4-3-5-8-14)23-10-6-9-15(22-12-26-2)18(23)17(13)19(24)20(21)25/h3-10,22H,11-12H2,1-2H3,(H2,21,25).